The first-order chi connectivity index (χ1) is 13.9. The molecule has 1 aliphatic rings. The fourth-order valence-electron chi connectivity index (χ4n) is 3.40. The molecule has 0 saturated carbocycles. The number of aromatic nitrogens is 3. The molecule has 8 nitrogen and oxygen atoms in total. The number of rotatable bonds is 4. The van der Waals surface area contributed by atoms with Gasteiger partial charge in [0.05, 0.1) is 22.5 Å². The first-order valence-corrected chi connectivity index (χ1v) is 11.3. The molecule has 0 radical (unpaired) electrons. The minimum Gasteiger partial charge on any atom is -0.342 e. The Balaban J connectivity index is 1.59. The van der Waals surface area contributed by atoms with E-state index in [4.69, 9.17) is 11.6 Å². The Morgan fingerprint density at radius 3 is 2.83 bits per heavy atom. The Labute approximate surface area is 173 Å². The van der Waals surface area contributed by atoms with Crippen LogP contribution in [-0.2, 0) is 10.0 Å². The third-order valence-corrected chi connectivity index (χ3v) is 7.08. The lowest BCUT2D eigenvalue weighted by atomic mass is 10.1. The topological polar surface area (TPSA) is 96.7 Å². The van der Waals surface area contributed by atoms with Gasteiger partial charge in [-0.05, 0) is 50.1 Å². The van der Waals surface area contributed by atoms with E-state index in [1.807, 2.05) is 31.3 Å². The van der Waals surface area contributed by atoms with E-state index >= 15 is 0 Å². The van der Waals surface area contributed by atoms with Gasteiger partial charge in [0.25, 0.3) is 5.91 Å². The summed E-state index contributed by atoms with van der Waals surface area (Å²) in [7, 11) is -3.43. The lowest BCUT2D eigenvalue weighted by Crippen LogP contribution is -2.38. The largest absolute Gasteiger partial charge is 0.342 e. The van der Waals surface area contributed by atoms with Gasteiger partial charge in [-0.2, -0.15) is 0 Å². The van der Waals surface area contributed by atoms with E-state index in [0.29, 0.717) is 40.7 Å². The number of carbonyl (C=O) groups excluding carboxylic acids is 1. The van der Waals surface area contributed by atoms with Gasteiger partial charge in [-0.25, -0.2) is 8.42 Å². The smallest absolute Gasteiger partial charge is 0.251 e. The number of carbonyl (C=O) groups is 1. The minimum atomic E-state index is -3.43. The maximum atomic E-state index is 12.8. The number of nitrogens with zero attached hydrogens (tertiary/aromatic N) is 4. The van der Waals surface area contributed by atoms with Crippen molar-refractivity contribution in [2.24, 2.45) is 0 Å². The second kappa shape index (κ2) is 7.64. The molecule has 29 heavy (non-hydrogen) atoms. The zero-order chi connectivity index (χ0) is 20.6. The van der Waals surface area contributed by atoms with E-state index in [0.717, 1.165) is 6.42 Å². The van der Waals surface area contributed by atoms with Gasteiger partial charge in [0.2, 0.25) is 10.0 Å². The quantitative estimate of drug-likeness (QED) is 0.682. The first-order valence-electron chi connectivity index (χ1n) is 9.27. The SMILES string of the molecule is CC(NC(=O)c1ccc(Cl)c(N2CCCCS2(=O)=O)c1)c1nnc2ccccn12. The zero-order valence-corrected chi connectivity index (χ0v) is 17.3. The minimum absolute atomic E-state index is 0.0801. The van der Waals surface area contributed by atoms with E-state index in [1.54, 1.807) is 16.5 Å². The number of benzene rings is 1. The molecule has 2 aromatic heterocycles. The summed E-state index contributed by atoms with van der Waals surface area (Å²) in [5.41, 5.74) is 1.35. The summed E-state index contributed by atoms with van der Waals surface area (Å²) in [4.78, 5) is 12.8. The molecule has 3 heterocycles. The molecule has 1 aliphatic heterocycles. The molecule has 3 aromatic rings. The Bertz CT molecular complexity index is 1180. The number of amides is 1. The molecule has 1 amide bonds. The summed E-state index contributed by atoms with van der Waals surface area (Å²) in [5.74, 6) is 0.329. The molecule has 4 rings (SSSR count). The predicted octanol–water partition coefficient (Wildman–Crippen LogP) is 2.80. The molecule has 1 atom stereocenters. The van der Waals surface area contributed by atoms with Crippen molar-refractivity contribution < 1.29 is 13.2 Å². The Kier molecular flexibility index (Phi) is 5.18. The van der Waals surface area contributed by atoms with Crippen molar-refractivity contribution in [3.63, 3.8) is 0 Å². The van der Waals surface area contributed by atoms with Gasteiger partial charge in [-0.1, -0.05) is 17.7 Å². The van der Waals surface area contributed by atoms with Gasteiger partial charge in [0.15, 0.2) is 11.5 Å². The monoisotopic (exact) mass is 433 g/mol. The summed E-state index contributed by atoms with van der Waals surface area (Å²) < 4.78 is 27.9. The van der Waals surface area contributed by atoms with Gasteiger partial charge in [-0.3, -0.25) is 13.5 Å². The molecule has 1 aromatic carbocycles. The Morgan fingerprint density at radius 1 is 1.21 bits per heavy atom. The molecular formula is C19H20ClN5O3S. The number of hydrogen-bond acceptors (Lipinski definition) is 5. The average Bonchev–Trinajstić information content (AvgIpc) is 3.12. The molecule has 10 heteroatoms. The lowest BCUT2D eigenvalue weighted by Gasteiger charge is -2.29. The van der Waals surface area contributed by atoms with Crippen LogP contribution in [0.25, 0.3) is 5.65 Å². The number of fused-ring (bicyclic) bond motifs is 1. The van der Waals surface area contributed by atoms with Crippen LogP contribution in [-0.4, -0.2) is 41.2 Å². The summed E-state index contributed by atoms with van der Waals surface area (Å²) in [6, 6.07) is 9.79. The second-order valence-corrected chi connectivity index (χ2v) is 9.36. The predicted molar refractivity (Wildman–Crippen MR) is 111 cm³/mol. The van der Waals surface area contributed by atoms with Gasteiger partial charge in [-0.15, -0.1) is 10.2 Å². The highest BCUT2D eigenvalue weighted by molar-refractivity contribution is 7.92. The maximum Gasteiger partial charge on any atom is 0.251 e. The van der Waals surface area contributed by atoms with Crippen molar-refractivity contribution in [2.45, 2.75) is 25.8 Å². The normalized spacial score (nSPS) is 17.2. The van der Waals surface area contributed by atoms with Gasteiger partial charge >= 0.3 is 0 Å². The summed E-state index contributed by atoms with van der Waals surface area (Å²) >= 11 is 6.25. The fourth-order valence-corrected chi connectivity index (χ4v) is 5.32. The molecule has 0 spiro atoms. The summed E-state index contributed by atoms with van der Waals surface area (Å²) in [6.07, 6.45) is 3.21. The summed E-state index contributed by atoms with van der Waals surface area (Å²) in [5, 5.41) is 11.4. The molecule has 1 saturated heterocycles. The van der Waals surface area contributed by atoms with Crippen LogP contribution in [0.4, 0.5) is 5.69 Å². The summed E-state index contributed by atoms with van der Waals surface area (Å²) in [6.45, 7) is 2.17. The van der Waals surface area contributed by atoms with E-state index in [9.17, 15) is 13.2 Å². The standard InChI is InChI=1S/C19H20ClN5O3S/c1-13(18-23-22-17-6-2-3-9-24(17)18)21-19(26)14-7-8-15(20)16(12-14)25-10-4-5-11-29(25,27)28/h2-3,6-9,12-13H,4-5,10-11H2,1H3,(H,21,26). The number of anilines is 1. The first kappa shape index (κ1) is 19.7. The molecular weight excluding hydrogens is 414 g/mol. The molecule has 152 valence electrons. The van der Waals surface area contributed by atoms with Crippen LogP contribution in [0.1, 0.15) is 42.0 Å². The van der Waals surface area contributed by atoms with Crippen LogP contribution in [0.3, 0.4) is 0 Å². The van der Waals surface area contributed by atoms with Crippen molar-refractivity contribution >= 4 is 38.9 Å². The van der Waals surface area contributed by atoms with E-state index in [1.165, 1.54) is 10.4 Å². The molecule has 1 N–H and O–H groups in total. The van der Waals surface area contributed by atoms with Crippen LogP contribution >= 0.6 is 11.6 Å². The third kappa shape index (κ3) is 3.79. The van der Waals surface area contributed by atoms with E-state index in [-0.39, 0.29) is 11.7 Å². The van der Waals surface area contributed by atoms with Crippen LogP contribution < -0.4 is 9.62 Å². The second-order valence-electron chi connectivity index (χ2n) is 6.94. The Morgan fingerprint density at radius 2 is 2.03 bits per heavy atom. The molecule has 1 unspecified atom stereocenters. The van der Waals surface area contributed by atoms with Crippen molar-refractivity contribution in [3.8, 4) is 0 Å². The van der Waals surface area contributed by atoms with Gasteiger partial charge in [0.1, 0.15) is 0 Å². The van der Waals surface area contributed by atoms with Crippen LogP contribution in [0.2, 0.25) is 5.02 Å². The van der Waals surface area contributed by atoms with E-state index < -0.39 is 16.1 Å². The van der Waals surface area contributed by atoms with Gasteiger partial charge in [0, 0.05) is 18.3 Å². The van der Waals surface area contributed by atoms with Crippen molar-refractivity contribution in [3.05, 3.63) is 59.0 Å². The number of pyridine rings is 1. The van der Waals surface area contributed by atoms with Crippen molar-refractivity contribution in [1.82, 2.24) is 19.9 Å². The number of nitrogens with one attached hydrogen (secondary N) is 1. The lowest BCUT2D eigenvalue weighted by molar-refractivity contribution is 0.0938. The maximum absolute atomic E-state index is 12.8. The fraction of sp³-hybridized carbons (Fsp3) is 0.316. The highest BCUT2D eigenvalue weighted by Crippen LogP contribution is 2.31. The third-order valence-electron chi connectivity index (χ3n) is 4.90. The Hall–Kier alpha value is -2.65. The van der Waals surface area contributed by atoms with E-state index in [2.05, 4.69) is 15.5 Å². The van der Waals surface area contributed by atoms with Crippen LogP contribution in [0.5, 0.6) is 0 Å². The number of hydrogen-bond donors (Lipinski definition) is 1. The average molecular weight is 434 g/mol. The van der Waals surface area contributed by atoms with Crippen LogP contribution in [0, 0.1) is 0 Å². The number of sulfonamides is 1. The molecule has 0 aliphatic carbocycles. The highest BCUT2D eigenvalue weighted by Gasteiger charge is 2.28. The number of halogens is 1. The van der Waals surface area contributed by atoms with Gasteiger partial charge < -0.3 is 5.32 Å². The molecule has 1 fully saturated rings. The van der Waals surface area contributed by atoms with Crippen molar-refractivity contribution in [2.75, 3.05) is 16.6 Å². The highest BCUT2D eigenvalue weighted by atomic mass is 35.5. The van der Waals surface area contributed by atoms with Crippen LogP contribution in [0.15, 0.2) is 42.6 Å². The van der Waals surface area contributed by atoms with Crippen molar-refractivity contribution in [1.29, 1.82) is 0 Å². The zero-order valence-electron chi connectivity index (χ0n) is 15.7. The molecule has 0 bridgehead atoms.